The van der Waals surface area contributed by atoms with Crippen LogP contribution in [0.15, 0.2) is 0 Å². The minimum atomic E-state index is -0.643. The second kappa shape index (κ2) is 5.10. The van der Waals surface area contributed by atoms with Crippen molar-refractivity contribution in [3.05, 3.63) is 0 Å². The number of primary amides is 2. The van der Waals surface area contributed by atoms with Crippen molar-refractivity contribution >= 4 is 40.9 Å². The summed E-state index contributed by atoms with van der Waals surface area (Å²) in [5, 5.41) is 0. The van der Waals surface area contributed by atoms with Crippen molar-refractivity contribution < 1.29 is 9.59 Å². The van der Waals surface area contributed by atoms with Crippen molar-refractivity contribution in [2.45, 2.75) is 12.8 Å². The standard InChI is InChI=1S/C6H10N2O2S2/c7-4(9)2-1-3(5(8)10)6(11)12/h3H,1-2H2,(H2,7,9)(H2,8,10)(H,11,12). The maximum absolute atomic E-state index is 10.7. The van der Waals surface area contributed by atoms with E-state index in [9.17, 15) is 9.59 Å². The molecule has 0 saturated heterocycles. The summed E-state index contributed by atoms with van der Waals surface area (Å²) in [6.07, 6.45) is 0.335. The second-order valence-electron chi connectivity index (χ2n) is 2.30. The van der Waals surface area contributed by atoms with Crippen LogP contribution in [0, 0.1) is 5.92 Å². The van der Waals surface area contributed by atoms with Crippen molar-refractivity contribution in [2.24, 2.45) is 17.4 Å². The smallest absolute Gasteiger partial charge is 0.226 e. The minimum absolute atomic E-state index is 0.0916. The molecule has 0 saturated carbocycles. The quantitative estimate of drug-likeness (QED) is 0.423. The van der Waals surface area contributed by atoms with E-state index in [1.165, 1.54) is 0 Å². The van der Waals surface area contributed by atoms with Gasteiger partial charge in [-0.3, -0.25) is 9.59 Å². The molecule has 0 aliphatic rings. The number of carbonyl (C=O) groups is 2. The maximum Gasteiger partial charge on any atom is 0.226 e. The van der Waals surface area contributed by atoms with E-state index in [0.717, 1.165) is 0 Å². The largest absolute Gasteiger partial charge is 0.370 e. The van der Waals surface area contributed by atoms with E-state index in [1.807, 2.05) is 0 Å². The van der Waals surface area contributed by atoms with E-state index in [1.54, 1.807) is 0 Å². The van der Waals surface area contributed by atoms with Crippen LogP contribution in [0.2, 0.25) is 0 Å². The average Bonchev–Trinajstić information content (AvgIpc) is 1.84. The summed E-state index contributed by atoms with van der Waals surface area (Å²) >= 11 is 8.47. The van der Waals surface area contributed by atoms with E-state index in [0.29, 0.717) is 0 Å². The molecule has 0 aliphatic carbocycles. The number of thiol groups is 1. The monoisotopic (exact) mass is 206 g/mol. The molecule has 0 rings (SSSR count). The molecule has 1 unspecified atom stereocenters. The van der Waals surface area contributed by atoms with Gasteiger partial charge in [-0.15, -0.1) is 12.6 Å². The minimum Gasteiger partial charge on any atom is -0.370 e. The van der Waals surface area contributed by atoms with Gasteiger partial charge in [-0.25, -0.2) is 0 Å². The van der Waals surface area contributed by atoms with E-state index in [-0.39, 0.29) is 17.0 Å². The van der Waals surface area contributed by atoms with Gasteiger partial charge in [0, 0.05) is 6.42 Å². The average molecular weight is 206 g/mol. The lowest BCUT2D eigenvalue weighted by Crippen LogP contribution is -2.28. The van der Waals surface area contributed by atoms with Gasteiger partial charge < -0.3 is 11.5 Å². The molecule has 0 bridgehead atoms. The predicted octanol–water partition coefficient (Wildman–Crippen LogP) is -0.389. The van der Waals surface area contributed by atoms with Gasteiger partial charge in [0.05, 0.1) is 10.1 Å². The molecule has 0 spiro atoms. The van der Waals surface area contributed by atoms with Crippen LogP contribution in [0.4, 0.5) is 0 Å². The molecule has 68 valence electrons. The van der Waals surface area contributed by atoms with Crippen LogP contribution in [-0.2, 0) is 9.59 Å². The first-order chi connectivity index (χ1) is 5.45. The molecule has 6 heteroatoms. The summed E-state index contributed by atoms with van der Waals surface area (Å²) in [5.41, 5.74) is 9.88. The van der Waals surface area contributed by atoms with Crippen LogP contribution in [-0.4, -0.2) is 16.0 Å². The Morgan fingerprint density at radius 2 is 1.92 bits per heavy atom. The third-order valence-corrected chi connectivity index (χ3v) is 1.92. The zero-order valence-electron chi connectivity index (χ0n) is 6.32. The molecule has 0 aromatic rings. The molecule has 0 aromatic carbocycles. The lowest BCUT2D eigenvalue weighted by Gasteiger charge is -2.08. The van der Waals surface area contributed by atoms with Crippen molar-refractivity contribution in [3.8, 4) is 0 Å². The topological polar surface area (TPSA) is 86.2 Å². The van der Waals surface area contributed by atoms with Gasteiger partial charge >= 0.3 is 0 Å². The number of hydrogen-bond acceptors (Lipinski definition) is 3. The number of thiocarbonyl (C=S) groups is 1. The highest BCUT2D eigenvalue weighted by Gasteiger charge is 2.18. The fraction of sp³-hybridized carbons (Fsp3) is 0.500. The molecule has 1 atom stereocenters. The van der Waals surface area contributed by atoms with E-state index in [2.05, 4.69) is 24.8 Å². The molecule has 2 amide bonds. The number of rotatable bonds is 5. The van der Waals surface area contributed by atoms with Crippen LogP contribution in [0.1, 0.15) is 12.8 Å². The van der Waals surface area contributed by atoms with Crippen LogP contribution in [0.3, 0.4) is 0 Å². The molecule has 0 fully saturated rings. The highest BCUT2D eigenvalue weighted by molar-refractivity contribution is 8.11. The first-order valence-corrected chi connectivity index (χ1v) is 4.11. The molecule has 0 aliphatic heterocycles. The SMILES string of the molecule is NC(=O)CCC(C(N)=O)C(=S)S. The lowest BCUT2D eigenvalue weighted by molar-refractivity contribution is -0.120. The predicted molar refractivity (Wildman–Crippen MR) is 52.7 cm³/mol. The molecule has 0 heterocycles. The first kappa shape index (κ1) is 11.4. The van der Waals surface area contributed by atoms with Crippen molar-refractivity contribution in [2.75, 3.05) is 0 Å². The van der Waals surface area contributed by atoms with Gasteiger partial charge in [-0.2, -0.15) is 0 Å². The van der Waals surface area contributed by atoms with E-state index in [4.69, 9.17) is 11.5 Å². The molecule has 4 nitrogen and oxygen atoms in total. The molecular formula is C6H10N2O2S2. The Hall–Kier alpha value is -0.620. The zero-order chi connectivity index (χ0) is 9.72. The van der Waals surface area contributed by atoms with Crippen LogP contribution < -0.4 is 11.5 Å². The zero-order valence-corrected chi connectivity index (χ0v) is 8.03. The van der Waals surface area contributed by atoms with E-state index >= 15 is 0 Å². The molecule has 0 aromatic heterocycles. The first-order valence-electron chi connectivity index (χ1n) is 3.25. The van der Waals surface area contributed by atoms with Crippen molar-refractivity contribution in [1.29, 1.82) is 0 Å². The van der Waals surface area contributed by atoms with Gasteiger partial charge in [0.2, 0.25) is 11.8 Å². The summed E-state index contributed by atoms with van der Waals surface area (Å²) in [4.78, 5) is 21.0. The van der Waals surface area contributed by atoms with Gasteiger partial charge in [0.1, 0.15) is 0 Å². The van der Waals surface area contributed by atoms with Gasteiger partial charge in [-0.05, 0) is 6.42 Å². The lowest BCUT2D eigenvalue weighted by atomic mass is 10.0. The molecule has 12 heavy (non-hydrogen) atoms. The summed E-state index contributed by atoms with van der Waals surface area (Å²) < 4.78 is 0.198. The van der Waals surface area contributed by atoms with Crippen LogP contribution >= 0.6 is 24.8 Å². The Labute approximate surface area is 81.1 Å². The Morgan fingerprint density at radius 3 is 2.17 bits per heavy atom. The third kappa shape index (κ3) is 4.30. The Bertz CT molecular complexity index is 204. The molecule has 0 radical (unpaired) electrons. The van der Waals surface area contributed by atoms with Crippen molar-refractivity contribution in [3.63, 3.8) is 0 Å². The van der Waals surface area contributed by atoms with Crippen LogP contribution in [0.25, 0.3) is 0 Å². The van der Waals surface area contributed by atoms with E-state index < -0.39 is 17.7 Å². The highest BCUT2D eigenvalue weighted by Crippen LogP contribution is 2.10. The maximum atomic E-state index is 10.7. The van der Waals surface area contributed by atoms with Crippen molar-refractivity contribution in [1.82, 2.24) is 0 Å². The third-order valence-electron chi connectivity index (χ3n) is 1.32. The number of nitrogens with two attached hydrogens (primary N) is 2. The fourth-order valence-corrected chi connectivity index (χ4v) is 1.16. The Kier molecular flexibility index (Phi) is 4.84. The summed E-state index contributed by atoms with van der Waals surface area (Å²) in [6.45, 7) is 0. The van der Waals surface area contributed by atoms with Gasteiger partial charge in [-0.1, -0.05) is 12.2 Å². The Balaban J connectivity index is 4.06. The number of carbonyl (C=O) groups excluding carboxylic acids is 2. The summed E-state index contributed by atoms with van der Waals surface area (Å²) in [7, 11) is 0. The molecule has 4 N–H and O–H groups in total. The molecular weight excluding hydrogens is 196 g/mol. The normalized spacial score (nSPS) is 12.1. The van der Waals surface area contributed by atoms with Crippen LogP contribution in [0.5, 0.6) is 0 Å². The summed E-state index contributed by atoms with van der Waals surface area (Å²) in [6, 6.07) is 0. The number of amides is 2. The van der Waals surface area contributed by atoms with Gasteiger partial charge in [0.15, 0.2) is 0 Å². The highest BCUT2D eigenvalue weighted by atomic mass is 32.1. The Morgan fingerprint density at radius 1 is 1.42 bits per heavy atom. The fourth-order valence-electron chi connectivity index (χ4n) is 0.674. The number of hydrogen-bond donors (Lipinski definition) is 3. The second-order valence-corrected chi connectivity index (χ2v) is 3.52. The summed E-state index contributed by atoms with van der Waals surface area (Å²) in [5.74, 6) is -1.70. The van der Waals surface area contributed by atoms with Gasteiger partial charge in [0.25, 0.3) is 0 Å².